The van der Waals surface area contributed by atoms with Crippen molar-refractivity contribution >= 4 is 23.5 Å². The van der Waals surface area contributed by atoms with E-state index >= 15 is 0 Å². The Morgan fingerprint density at radius 3 is 2.67 bits per heavy atom. The summed E-state index contributed by atoms with van der Waals surface area (Å²) in [4.78, 5) is 31.3. The molecule has 2 aliphatic rings. The third-order valence-electron chi connectivity index (χ3n) is 6.21. The van der Waals surface area contributed by atoms with Crippen LogP contribution >= 0.6 is 0 Å². The number of hydrogen-bond donors (Lipinski definition) is 1. The molecule has 1 aliphatic carbocycles. The van der Waals surface area contributed by atoms with E-state index in [1.54, 1.807) is 21.8 Å². The van der Waals surface area contributed by atoms with Crippen LogP contribution in [0.15, 0.2) is 36.9 Å². The summed E-state index contributed by atoms with van der Waals surface area (Å²) in [6, 6.07) is 1.51. The highest BCUT2D eigenvalue weighted by Gasteiger charge is 2.56. The van der Waals surface area contributed by atoms with E-state index in [2.05, 4.69) is 14.8 Å². The number of pyridine rings is 1. The number of hydrogen-bond acceptors (Lipinski definition) is 5. The van der Waals surface area contributed by atoms with Gasteiger partial charge >= 0.3 is 12.5 Å². The van der Waals surface area contributed by atoms with Crippen molar-refractivity contribution in [1.82, 2.24) is 24.1 Å². The van der Waals surface area contributed by atoms with Crippen molar-refractivity contribution in [3.8, 4) is 5.75 Å². The van der Waals surface area contributed by atoms with Crippen LogP contribution in [-0.4, -0.2) is 66.7 Å². The summed E-state index contributed by atoms with van der Waals surface area (Å²) in [5, 5.41) is 13.8. The summed E-state index contributed by atoms with van der Waals surface area (Å²) in [6.07, 6.45) is 0.895. The number of anilines is 1. The van der Waals surface area contributed by atoms with Crippen LogP contribution < -0.4 is 9.64 Å². The zero-order valence-electron chi connectivity index (χ0n) is 17.4. The van der Waals surface area contributed by atoms with Crippen molar-refractivity contribution < 1.29 is 32.6 Å². The van der Waals surface area contributed by atoms with Gasteiger partial charge in [0.2, 0.25) is 0 Å². The Labute approximate surface area is 184 Å². The molecule has 3 aromatic rings. The predicted octanol–water partition coefficient (Wildman–Crippen LogP) is 2.76. The number of likely N-dealkylation sites (tertiary alicyclic amines) is 1. The maximum Gasteiger partial charge on any atom is 0.573 e. The van der Waals surface area contributed by atoms with Gasteiger partial charge < -0.3 is 19.3 Å². The number of nitrogens with zero attached hydrogens (tertiary/aromatic N) is 6. The van der Waals surface area contributed by atoms with Crippen LogP contribution in [0.2, 0.25) is 0 Å². The molecule has 0 radical (unpaired) electrons. The lowest BCUT2D eigenvalue weighted by Gasteiger charge is -2.60. The molecule has 3 aromatic heterocycles. The molecule has 0 atom stereocenters. The van der Waals surface area contributed by atoms with Gasteiger partial charge in [0.25, 0.3) is 5.91 Å². The van der Waals surface area contributed by atoms with Crippen molar-refractivity contribution in [2.75, 3.05) is 18.0 Å². The van der Waals surface area contributed by atoms with Crippen LogP contribution in [-0.2, 0) is 7.05 Å². The van der Waals surface area contributed by atoms with Crippen LogP contribution in [0, 0.1) is 5.41 Å². The van der Waals surface area contributed by atoms with Gasteiger partial charge in [-0.2, -0.15) is 5.10 Å². The number of carboxylic acid groups (broad SMARTS) is 1. The summed E-state index contributed by atoms with van der Waals surface area (Å²) in [5.74, 6) is -0.821. The Morgan fingerprint density at radius 2 is 2.00 bits per heavy atom. The fraction of sp³-hybridized carbons (Fsp3) is 0.400. The summed E-state index contributed by atoms with van der Waals surface area (Å²) >= 11 is 0. The van der Waals surface area contributed by atoms with Gasteiger partial charge in [-0.15, -0.1) is 13.2 Å². The van der Waals surface area contributed by atoms with Crippen molar-refractivity contribution in [3.05, 3.63) is 42.5 Å². The van der Waals surface area contributed by atoms with Crippen LogP contribution in [0.3, 0.4) is 0 Å². The van der Waals surface area contributed by atoms with Gasteiger partial charge in [0.1, 0.15) is 22.8 Å². The second kappa shape index (κ2) is 7.12. The smallest absolute Gasteiger partial charge is 0.465 e. The first-order valence-electron chi connectivity index (χ1n) is 10.1. The highest BCUT2D eigenvalue weighted by molar-refractivity contribution is 6.00. The van der Waals surface area contributed by atoms with E-state index < -0.39 is 24.2 Å². The number of rotatable bonds is 4. The number of carbonyl (C=O) groups excluding carboxylic acids is 1. The molecular weight excluding hydrogens is 445 g/mol. The number of carbonyl (C=O) groups is 2. The molecule has 13 heteroatoms. The van der Waals surface area contributed by atoms with Gasteiger partial charge in [0.05, 0.1) is 6.20 Å². The number of halogens is 3. The monoisotopic (exact) mass is 464 g/mol. The molecule has 0 aromatic carbocycles. The molecule has 1 aliphatic heterocycles. The van der Waals surface area contributed by atoms with Crippen molar-refractivity contribution in [3.63, 3.8) is 0 Å². The maximum absolute atomic E-state index is 12.9. The zero-order chi connectivity index (χ0) is 23.5. The molecule has 5 rings (SSSR count). The molecule has 33 heavy (non-hydrogen) atoms. The summed E-state index contributed by atoms with van der Waals surface area (Å²) < 4.78 is 44.8. The van der Waals surface area contributed by atoms with E-state index in [1.165, 1.54) is 6.20 Å². The van der Waals surface area contributed by atoms with Gasteiger partial charge in [0.15, 0.2) is 0 Å². The van der Waals surface area contributed by atoms with Gasteiger partial charge in [-0.25, -0.2) is 14.3 Å². The molecule has 2 amide bonds. The van der Waals surface area contributed by atoms with Crippen molar-refractivity contribution in [2.24, 2.45) is 12.5 Å². The molecule has 1 saturated carbocycles. The first kappa shape index (κ1) is 21.1. The van der Waals surface area contributed by atoms with E-state index in [-0.39, 0.29) is 17.1 Å². The largest absolute Gasteiger partial charge is 0.573 e. The summed E-state index contributed by atoms with van der Waals surface area (Å²) in [7, 11) is 1.82. The van der Waals surface area contributed by atoms with Gasteiger partial charge in [0, 0.05) is 56.3 Å². The minimum atomic E-state index is -4.89. The van der Waals surface area contributed by atoms with E-state index in [9.17, 15) is 27.9 Å². The quantitative estimate of drug-likeness (QED) is 0.637. The zero-order valence-corrected chi connectivity index (χ0v) is 17.4. The molecule has 0 bridgehead atoms. The number of aromatic nitrogens is 4. The highest BCUT2D eigenvalue weighted by atomic mass is 19.4. The van der Waals surface area contributed by atoms with Gasteiger partial charge in [-0.1, -0.05) is 0 Å². The Balaban J connectivity index is 1.25. The summed E-state index contributed by atoms with van der Waals surface area (Å²) in [5.41, 5.74) is 0.969. The normalized spacial score (nSPS) is 17.6. The first-order chi connectivity index (χ1) is 15.6. The fourth-order valence-corrected chi connectivity index (χ4v) is 4.83. The van der Waals surface area contributed by atoms with Crippen LogP contribution in [0.5, 0.6) is 5.75 Å². The van der Waals surface area contributed by atoms with E-state index in [4.69, 9.17) is 0 Å². The van der Waals surface area contributed by atoms with E-state index in [1.807, 2.05) is 11.6 Å². The molecule has 10 nitrogen and oxygen atoms in total. The number of alkyl halides is 3. The third-order valence-corrected chi connectivity index (χ3v) is 6.21. The minimum Gasteiger partial charge on any atom is -0.465 e. The average Bonchev–Trinajstić information content (AvgIpc) is 3.23. The SMILES string of the molecule is Cn1ccn2ncc(C(=O)N3CC4(CC(N(C(=O)O)c5cc(OC(F)(F)F)ccn5)C4)C3)c12. The van der Waals surface area contributed by atoms with Crippen LogP contribution in [0.1, 0.15) is 23.2 Å². The topological polar surface area (TPSA) is 105 Å². The summed E-state index contributed by atoms with van der Waals surface area (Å²) in [6.45, 7) is 0.949. The maximum atomic E-state index is 12.9. The molecule has 174 valence electrons. The second-order valence-electron chi connectivity index (χ2n) is 8.51. The van der Waals surface area contributed by atoms with E-state index in [0.717, 1.165) is 23.2 Å². The van der Waals surface area contributed by atoms with Crippen molar-refractivity contribution in [2.45, 2.75) is 25.2 Å². The lowest BCUT2D eigenvalue weighted by molar-refractivity contribution is -0.274. The molecule has 0 unspecified atom stereocenters. The Bertz CT molecular complexity index is 1240. The van der Waals surface area contributed by atoms with E-state index in [0.29, 0.717) is 37.1 Å². The predicted molar refractivity (Wildman–Crippen MR) is 107 cm³/mol. The molecule has 1 N–H and O–H groups in total. The standard InChI is InChI=1S/C20H19F3N6O4/c1-26-4-5-28-16(26)14(9-25-28)17(30)27-10-19(11-27)7-12(8-19)29(18(31)32)15-6-13(2-3-24-15)33-20(21,22)23/h2-6,9,12H,7-8,10-11H2,1H3,(H,31,32). The second-order valence-corrected chi connectivity index (χ2v) is 8.51. The highest BCUT2D eigenvalue weighted by Crippen LogP contribution is 2.51. The lowest BCUT2D eigenvalue weighted by atomic mass is 9.60. The first-order valence-corrected chi connectivity index (χ1v) is 10.1. The number of amides is 2. The average molecular weight is 464 g/mol. The molecule has 1 spiro atoms. The number of imidazole rings is 1. The molecule has 2 fully saturated rings. The Morgan fingerprint density at radius 1 is 1.27 bits per heavy atom. The molecular formula is C20H19F3N6O4. The molecule has 4 heterocycles. The number of ether oxygens (including phenoxy) is 1. The van der Waals surface area contributed by atoms with Crippen LogP contribution in [0.4, 0.5) is 23.8 Å². The lowest BCUT2D eigenvalue weighted by Crippen LogP contribution is -2.68. The van der Waals surface area contributed by atoms with Crippen LogP contribution in [0.25, 0.3) is 5.65 Å². The third kappa shape index (κ3) is 3.62. The Hall–Kier alpha value is -3.77. The van der Waals surface area contributed by atoms with Gasteiger partial charge in [-0.3, -0.25) is 9.69 Å². The number of fused-ring (bicyclic) bond motifs is 1. The van der Waals surface area contributed by atoms with Crippen molar-refractivity contribution in [1.29, 1.82) is 0 Å². The number of aryl methyl sites for hydroxylation is 1. The minimum absolute atomic E-state index is 0.137. The Kier molecular flexibility index (Phi) is 4.55. The van der Waals surface area contributed by atoms with Gasteiger partial charge in [-0.05, 0) is 18.9 Å². The molecule has 1 saturated heterocycles. The fourth-order valence-electron chi connectivity index (χ4n) is 4.83.